The van der Waals surface area contributed by atoms with Gasteiger partial charge >= 0.3 is 0 Å². The van der Waals surface area contributed by atoms with Crippen LogP contribution >= 0.6 is 0 Å². The fourth-order valence-corrected chi connectivity index (χ4v) is 2.09. The van der Waals surface area contributed by atoms with Crippen LogP contribution in [-0.4, -0.2) is 13.2 Å². The molecule has 0 spiro atoms. The number of rotatable bonds is 15. The molecule has 0 atom stereocenters. The molecule has 0 amide bonds. The molecule has 0 aromatic rings. The Labute approximate surface area is 150 Å². The number of hydrogen-bond donors (Lipinski definition) is 0. The predicted molar refractivity (Wildman–Crippen MR) is 105 cm³/mol. The standard InChI is InChI=1S/C22H38O2/c1-4-7-10-11-12-13-14-15-16-17-18-19-22(23-20-8-5-2)24-21-9-6-3/h15-16,19H,4-14,20-21H2,1-3H3/b16-15+. The van der Waals surface area contributed by atoms with Crippen LogP contribution in [0.5, 0.6) is 0 Å². The molecule has 2 nitrogen and oxygen atoms in total. The van der Waals surface area contributed by atoms with E-state index < -0.39 is 0 Å². The average molecular weight is 335 g/mol. The number of hydrogen-bond acceptors (Lipinski definition) is 2. The summed E-state index contributed by atoms with van der Waals surface area (Å²) in [6.45, 7) is 7.96. The molecule has 0 radical (unpaired) electrons. The van der Waals surface area contributed by atoms with Gasteiger partial charge in [-0.2, -0.15) is 0 Å². The van der Waals surface area contributed by atoms with Crippen molar-refractivity contribution in [3.05, 3.63) is 24.2 Å². The van der Waals surface area contributed by atoms with E-state index in [1.807, 2.05) is 6.08 Å². The van der Waals surface area contributed by atoms with Crippen LogP contribution in [-0.2, 0) is 9.47 Å². The van der Waals surface area contributed by atoms with Crippen LogP contribution < -0.4 is 0 Å². The zero-order valence-electron chi connectivity index (χ0n) is 16.2. The summed E-state index contributed by atoms with van der Waals surface area (Å²) in [5.41, 5.74) is 0. The molecule has 138 valence electrons. The fraction of sp³-hybridized carbons (Fsp3) is 0.727. The summed E-state index contributed by atoms with van der Waals surface area (Å²) in [5.74, 6) is 6.61. The lowest BCUT2D eigenvalue weighted by atomic mass is 10.1. The largest absolute Gasteiger partial charge is 0.465 e. The molecule has 0 heterocycles. The van der Waals surface area contributed by atoms with Crippen molar-refractivity contribution < 1.29 is 9.47 Å². The molecular weight excluding hydrogens is 296 g/mol. The minimum atomic E-state index is 0.564. The van der Waals surface area contributed by atoms with Crippen molar-refractivity contribution in [1.29, 1.82) is 0 Å². The summed E-state index contributed by atoms with van der Waals surface area (Å²) in [5, 5.41) is 0. The van der Waals surface area contributed by atoms with E-state index in [1.165, 1.54) is 38.5 Å². The lowest BCUT2D eigenvalue weighted by Crippen LogP contribution is -2.01. The third-order valence-corrected chi connectivity index (χ3v) is 3.68. The Morgan fingerprint density at radius 1 is 0.708 bits per heavy atom. The van der Waals surface area contributed by atoms with Gasteiger partial charge in [0.25, 0.3) is 5.95 Å². The van der Waals surface area contributed by atoms with Crippen molar-refractivity contribution in [2.45, 2.75) is 91.4 Å². The zero-order valence-corrected chi connectivity index (χ0v) is 16.2. The Balaban J connectivity index is 3.98. The van der Waals surface area contributed by atoms with Crippen LogP contribution in [0.1, 0.15) is 91.4 Å². The minimum absolute atomic E-state index is 0.564. The first-order valence-electron chi connectivity index (χ1n) is 9.96. The molecule has 0 saturated carbocycles. The number of unbranched alkanes of at least 4 members (excludes halogenated alkanes) is 8. The van der Waals surface area contributed by atoms with Gasteiger partial charge in [0.15, 0.2) is 0 Å². The van der Waals surface area contributed by atoms with E-state index in [4.69, 9.17) is 9.47 Å². The molecular formula is C22H38O2. The quantitative estimate of drug-likeness (QED) is 0.187. The molecule has 0 aromatic carbocycles. The monoisotopic (exact) mass is 334 g/mol. The minimum Gasteiger partial charge on any atom is -0.465 e. The third-order valence-electron chi connectivity index (χ3n) is 3.68. The molecule has 0 fully saturated rings. The summed E-state index contributed by atoms with van der Waals surface area (Å²) in [6, 6.07) is 0. The molecule has 0 unspecified atom stereocenters. The van der Waals surface area contributed by atoms with Crippen molar-refractivity contribution in [3.63, 3.8) is 0 Å². The second-order valence-corrected chi connectivity index (χ2v) is 6.11. The highest BCUT2D eigenvalue weighted by molar-refractivity contribution is 5.23. The Hall–Kier alpha value is -1.36. The molecule has 0 aliphatic heterocycles. The molecule has 0 aliphatic rings. The van der Waals surface area contributed by atoms with Gasteiger partial charge in [-0.3, -0.25) is 0 Å². The van der Waals surface area contributed by atoms with Crippen molar-refractivity contribution in [2.24, 2.45) is 0 Å². The van der Waals surface area contributed by atoms with Gasteiger partial charge in [-0.05, 0) is 31.8 Å². The van der Waals surface area contributed by atoms with E-state index >= 15 is 0 Å². The highest BCUT2D eigenvalue weighted by Crippen LogP contribution is 2.07. The maximum Gasteiger partial charge on any atom is 0.287 e. The summed E-state index contributed by atoms with van der Waals surface area (Å²) in [7, 11) is 0. The second-order valence-electron chi connectivity index (χ2n) is 6.11. The van der Waals surface area contributed by atoms with Gasteiger partial charge < -0.3 is 9.47 Å². The molecule has 24 heavy (non-hydrogen) atoms. The van der Waals surface area contributed by atoms with E-state index in [1.54, 1.807) is 6.08 Å². The van der Waals surface area contributed by atoms with Crippen molar-refractivity contribution in [3.8, 4) is 11.8 Å². The summed E-state index contributed by atoms with van der Waals surface area (Å²) in [4.78, 5) is 0. The fourth-order valence-electron chi connectivity index (χ4n) is 2.09. The van der Waals surface area contributed by atoms with Crippen molar-refractivity contribution >= 4 is 0 Å². The maximum absolute atomic E-state index is 5.63. The highest BCUT2D eigenvalue weighted by atomic mass is 16.7. The first kappa shape index (κ1) is 22.6. The lowest BCUT2D eigenvalue weighted by molar-refractivity contribution is 0.0334. The van der Waals surface area contributed by atoms with E-state index in [0.717, 1.165) is 32.1 Å². The van der Waals surface area contributed by atoms with Gasteiger partial charge in [0.2, 0.25) is 0 Å². The maximum atomic E-state index is 5.63. The highest BCUT2D eigenvalue weighted by Gasteiger charge is 1.97. The molecule has 0 rings (SSSR count). The van der Waals surface area contributed by atoms with E-state index in [0.29, 0.717) is 19.2 Å². The number of allylic oxidation sites excluding steroid dienone is 3. The van der Waals surface area contributed by atoms with Crippen LogP contribution in [0, 0.1) is 11.8 Å². The van der Waals surface area contributed by atoms with Gasteiger partial charge in [-0.15, -0.1) is 0 Å². The topological polar surface area (TPSA) is 18.5 Å². The van der Waals surface area contributed by atoms with E-state index in [-0.39, 0.29) is 0 Å². The summed E-state index contributed by atoms with van der Waals surface area (Å²) >= 11 is 0. The summed E-state index contributed by atoms with van der Waals surface area (Å²) in [6.07, 6.45) is 19.3. The first-order chi connectivity index (χ1) is 11.8. The molecule has 0 N–H and O–H groups in total. The van der Waals surface area contributed by atoms with E-state index in [2.05, 4.69) is 38.7 Å². The van der Waals surface area contributed by atoms with Crippen LogP contribution in [0.15, 0.2) is 24.2 Å². The average Bonchev–Trinajstić information content (AvgIpc) is 2.59. The Morgan fingerprint density at radius 2 is 1.29 bits per heavy atom. The van der Waals surface area contributed by atoms with E-state index in [9.17, 15) is 0 Å². The van der Waals surface area contributed by atoms with Crippen LogP contribution in [0.4, 0.5) is 0 Å². The van der Waals surface area contributed by atoms with Crippen molar-refractivity contribution in [2.75, 3.05) is 13.2 Å². The molecule has 2 heteroatoms. The third kappa shape index (κ3) is 17.0. The Morgan fingerprint density at radius 3 is 1.92 bits per heavy atom. The molecule has 0 bridgehead atoms. The Kier molecular flexibility index (Phi) is 18.6. The van der Waals surface area contributed by atoms with Gasteiger partial charge in [0.1, 0.15) is 0 Å². The second kappa shape index (κ2) is 19.7. The predicted octanol–water partition coefficient (Wildman–Crippen LogP) is 6.77. The van der Waals surface area contributed by atoms with Gasteiger partial charge in [-0.25, -0.2) is 0 Å². The zero-order chi connectivity index (χ0) is 17.7. The molecule has 0 saturated heterocycles. The van der Waals surface area contributed by atoms with Crippen LogP contribution in [0.25, 0.3) is 0 Å². The van der Waals surface area contributed by atoms with Gasteiger partial charge in [-0.1, -0.05) is 83.6 Å². The SMILES string of the molecule is CCCCCCCC/C=C/C#CC=C(OCCCC)OCCCC. The van der Waals surface area contributed by atoms with Gasteiger partial charge in [0, 0.05) is 0 Å². The normalized spacial score (nSPS) is 10.3. The van der Waals surface area contributed by atoms with Crippen LogP contribution in [0.2, 0.25) is 0 Å². The molecule has 0 aliphatic carbocycles. The Bertz CT molecular complexity index is 359. The van der Waals surface area contributed by atoms with Crippen LogP contribution in [0.3, 0.4) is 0 Å². The first-order valence-corrected chi connectivity index (χ1v) is 9.96. The smallest absolute Gasteiger partial charge is 0.287 e. The summed E-state index contributed by atoms with van der Waals surface area (Å²) < 4.78 is 11.3. The lowest BCUT2D eigenvalue weighted by Gasteiger charge is -2.10. The number of ether oxygens (including phenoxy) is 2. The van der Waals surface area contributed by atoms with Crippen molar-refractivity contribution in [1.82, 2.24) is 0 Å². The van der Waals surface area contributed by atoms with Gasteiger partial charge in [0.05, 0.1) is 19.3 Å². The molecule has 0 aromatic heterocycles.